The Hall–Kier alpha value is -3.45. The van der Waals surface area contributed by atoms with Gasteiger partial charge in [0.05, 0.1) is 23.1 Å². The molecule has 0 radical (unpaired) electrons. The quantitative estimate of drug-likeness (QED) is 0.291. The molecule has 3 aromatic rings. The van der Waals surface area contributed by atoms with Gasteiger partial charge < -0.3 is 15.4 Å². The summed E-state index contributed by atoms with van der Waals surface area (Å²) in [5.41, 5.74) is 6.82. The van der Waals surface area contributed by atoms with Crippen LogP contribution in [0.2, 0.25) is 0 Å². The van der Waals surface area contributed by atoms with E-state index < -0.39 is 33.8 Å². The normalized spacial score (nSPS) is 21.4. The van der Waals surface area contributed by atoms with E-state index in [1.807, 2.05) is 35.2 Å². The summed E-state index contributed by atoms with van der Waals surface area (Å²) >= 11 is 0. The lowest BCUT2D eigenvalue weighted by molar-refractivity contribution is -0.139. The predicted molar refractivity (Wildman–Crippen MR) is 181 cm³/mol. The molecule has 12 heteroatoms. The summed E-state index contributed by atoms with van der Waals surface area (Å²) in [6, 6.07) is 19.3. The third kappa shape index (κ3) is 8.30. The van der Waals surface area contributed by atoms with Crippen molar-refractivity contribution in [3.8, 4) is 5.75 Å². The Labute approximate surface area is 287 Å². The van der Waals surface area contributed by atoms with E-state index in [0.717, 1.165) is 30.5 Å². The molecule has 8 nitrogen and oxygen atoms in total. The van der Waals surface area contributed by atoms with Crippen LogP contribution in [0.3, 0.4) is 0 Å². The van der Waals surface area contributed by atoms with Crippen molar-refractivity contribution < 1.29 is 31.1 Å². The van der Waals surface area contributed by atoms with Gasteiger partial charge in [-0.3, -0.25) is 9.69 Å². The lowest BCUT2D eigenvalue weighted by Crippen LogP contribution is -2.62. The maximum atomic E-state index is 14.3. The predicted octanol–water partition coefficient (Wildman–Crippen LogP) is 6.08. The molecule has 0 bridgehead atoms. The van der Waals surface area contributed by atoms with Crippen LogP contribution >= 0.6 is 0 Å². The van der Waals surface area contributed by atoms with Crippen molar-refractivity contribution in [2.45, 2.75) is 74.1 Å². The zero-order valence-electron chi connectivity index (χ0n) is 27.6. The highest BCUT2D eigenvalue weighted by molar-refractivity contribution is 7.89. The highest BCUT2D eigenvalue weighted by Crippen LogP contribution is 2.36. The number of ether oxygens (including phenoxy) is 1. The Morgan fingerprint density at radius 2 is 1.45 bits per heavy atom. The fourth-order valence-corrected chi connectivity index (χ4v) is 8.92. The van der Waals surface area contributed by atoms with Gasteiger partial charge in [0.15, 0.2) is 0 Å². The Morgan fingerprint density at radius 3 is 2.08 bits per heavy atom. The van der Waals surface area contributed by atoms with Crippen LogP contribution in [0, 0.1) is 5.92 Å². The summed E-state index contributed by atoms with van der Waals surface area (Å²) in [6.45, 7) is 1.80. The number of hydrogen-bond acceptors (Lipinski definition) is 6. The van der Waals surface area contributed by atoms with Crippen LogP contribution in [0.5, 0.6) is 5.75 Å². The van der Waals surface area contributed by atoms with Crippen molar-refractivity contribution >= 4 is 15.9 Å². The van der Waals surface area contributed by atoms with E-state index in [1.165, 1.54) is 47.8 Å². The summed E-state index contributed by atoms with van der Waals surface area (Å²) in [7, 11) is -4.10. The molecular formula is C37H45F3N4O4S. The van der Waals surface area contributed by atoms with Crippen LogP contribution < -0.4 is 10.5 Å². The Morgan fingerprint density at radius 1 is 0.816 bits per heavy atom. The van der Waals surface area contributed by atoms with Gasteiger partial charge >= 0.3 is 6.18 Å². The molecule has 6 rings (SSSR count). The number of likely N-dealkylation sites (tertiary alicyclic amines) is 1. The molecule has 2 heterocycles. The molecule has 49 heavy (non-hydrogen) atoms. The molecule has 3 aromatic carbocycles. The second kappa shape index (κ2) is 15.2. The summed E-state index contributed by atoms with van der Waals surface area (Å²) < 4.78 is 76.2. The van der Waals surface area contributed by atoms with Gasteiger partial charge in [0.25, 0.3) is 0 Å². The minimum atomic E-state index is -4.48. The van der Waals surface area contributed by atoms with Gasteiger partial charge in [0, 0.05) is 38.8 Å². The van der Waals surface area contributed by atoms with Crippen LogP contribution in [0.4, 0.5) is 13.2 Å². The van der Waals surface area contributed by atoms with Crippen LogP contribution in [0.25, 0.3) is 0 Å². The number of halogens is 3. The smallest absolute Gasteiger partial charge is 0.416 e. The summed E-state index contributed by atoms with van der Waals surface area (Å²) in [5.74, 6) is 0.813. The van der Waals surface area contributed by atoms with E-state index in [1.54, 1.807) is 17.0 Å². The molecule has 1 unspecified atom stereocenters. The number of sulfonamides is 1. The first-order chi connectivity index (χ1) is 23.5. The molecule has 3 aliphatic rings. The van der Waals surface area contributed by atoms with E-state index in [4.69, 9.17) is 10.5 Å². The molecule has 0 spiro atoms. The van der Waals surface area contributed by atoms with Crippen LogP contribution in [0.1, 0.15) is 67.7 Å². The average molecular weight is 699 g/mol. The number of piperidine rings is 1. The molecule has 2 saturated heterocycles. The van der Waals surface area contributed by atoms with Gasteiger partial charge in [-0.15, -0.1) is 0 Å². The average Bonchev–Trinajstić information content (AvgIpc) is 3.12. The molecule has 1 amide bonds. The molecule has 3 fully saturated rings. The Balaban J connectivity index is 1.28. The summed E-state index contributed by atoms with van der Waals surface area (Å²) in [6.07, 6.45) is 2.72. The summed E-state index contributed by atoms with van der Waals surface area (Å²) in [4.78, 5) is 18.0. The number of piperazine rings is 1. The standard InChI is InChI=1S/C37H45F3N4O4S/c38-37(39,40)30-13-11-29(12-14-30)35(28-9-5-2-6-10-28)43-23-24-44(34(25-43)36(45)42-21-19-31(41)20-22-42)49(46,47)33-17-15-32(16-18-33)48-26-27-7-3-1-4-8-27/h2,5-6,9-18,27,31,34-35H,1,3-4,7-8,19-26,41H2/t34-,35?/m0/s1. The largest absolute Gasteiger partial charge is 0.493 e. The number of hydrogen-bond donors (Lipinski definition) is 1. The van der Waals surface area contributed by atoms with E-state index in [9.17, 15) is 26.4 Å². The van der Waals surface area contributed by atoms with Gasteiger partial charge in [-0.25, -0.2) is 8.42 Å². The second-order valence-electron chi connectivity index (χ2n) is 13.5. The maximum absolute atomic E-state index is 14.3. The number of carbonyl (C=O) groups is 1. The lowest BCUT2D eigenvalue weighted by Gasteiger charge is -2.45. The highest BCUT2D eigenvalue weighted by Gasteiger charge is 2.44. The number of nitrogens with zero attached hydrogens (tertiary/aromatic N) is 3. The van der Waals surface area contributed by atoms with Gasteiger partial charge in [-0.1, -0.05) is 61.7 Å². The van der Waals surface area contributed by atoms with Crippen LogP contribution in [-0.2, 0) is 21.0 Å². The first kappa shape index (κ1) is 35.4. The number of nitrogens with two attached hydrogens (primary N) is 1. The van der Waals surface area contributed by atoms with Crippen molar-refractivity contribution in [2.24, 2.45) is 11.7 Å². The van der Waals surface area contributed by atoms with Crippen molar-refractivity contribution in [1.82, 2.24) is 14.1 Å². The molecule has 1 aliphatic carbocycles. The maximum Gasteiger partial charge on any atom is 0.416 e. The molecule has 2 aliphatic heterocycles. The van der Waals surface area contributed by atoms with Crippen molar-refractivity contribution in [3.63, 3.8) is 0 Å². The van der Waals surface area contributed by atoms with E-state index in [2.05, 4.69) is 0 Å². The zero-order chi connectivity index (χ0) is 34.6. The monoisotopic (exact) mass is 698 g/mol. The van der Waals surface area contributed by atoms with Crippen molar-refractivity contribution in [3.05, 3.63) is 95.6 Å². The van der Waals surface area contributed by atoms with Gasteiger partial charge in [-0.05, 0) is 79.1 Å². The number of carbonyl (C=O) groups excluding carboxylic acids is 1. The number of alkyl halides is 3. The minimum Gasteiger partial charge on any atom is -0.493 e. The third-order valence-electron chi connectivity index (χ3n) is 10.2. The first-order valence-corrected chi connectivity index (χ1v) is 18.7. The van der Waals surface area contributed by atoms with Gasteiger partial charge in [-0.2, -0.15) is 17.5 Å². The Bertz CT molecular complexity index is 1640. The van der Waals surface area contributed by atoms with E-state index >= 15 is 0 Å². The topological polar surface area (TPSA) is 96.2 Å². The first-order valence-electron chi connectivity index (χ1n) is 17.3. The van der Waals surface area contributed by atoms with Gasteiger partial charge in [0.2, 0.25) is 15.9 Å². The molecule has 1 saturated carbocycles. The SMILES string of the molecule is NC1CCN(C(=O)[C@@H]2CN(C(c3ccccc3)c3ccc(C(F)(F)F)cc3)CCN2S(=O)(=O)c2ccc(OCC3CCCCC3)cc2)CC1. The summed E-state index contributed by atoms with van der Waals surface area (Å²) in [5, 5.41) is 0. The zero-order valence-corrected chi connectivity index (χ0v) is 28.4. The molecule has 264 valence electrons. The minimum absolute atomic E-state index is 0.0206. The molecule has 2 atom stereocenters. The fourth-order valence-electron chi connectivity index (χ4n) is 7.36. The van der Waals surface area contributed by atoms with Crippen LogP contribution in [0.15, 0.2) is 83.8 Å². The number of amides is 1. The number of benzene rings is 3. The number of rotatable bonds is 9. The second-order valence-corrected chi connectivity index (χ2v) is 15.4. The Kier molecular flexibility index (Phi) is 11.0. The van der Waals surface area contributed by atoms with Crippen molar-refractivity contribution in [2.75, 3.05) is 39.3 Å². The lowest BCUT2D eigenvalue weighted by atomic mass is 9.90. The van der Waals surface area contributed by atoms with Crippen LogP contribution in [-0.4, -0.2) is 79.8 Å². The van der Waals surface area contributed by atoms with Crippen molar-refractivity contribution in [1.29, 1.82) is 0 Å². The van der Waals surface area contributed by atoms with Gasteiger partial charge in [0.1, 0.15) is 11.8 Å². The fraction of sp³-hybridized carbons (Fsp3) is 0.486. The van der Waals surface area contributed by atoms with E-state index in [-0.39, 0.29) is 36.5 Å². The highest BCUT2D eigenvalue weighted by atomic mass is 32.2. The molecule has 0 aromatic heterocycles. The molecule has 2 N–H and O–H groups in total. The van der Waals surface area contributed by atoms with E-state index in [0.29, 0.717) is 49.8 Å². The molecular weight excluding hydrogens is 653 g/mol. The third-order valence-corrected chi connectivity index (χ3v) is 12.1.